The van der Waals surface area contributed by atoms with E-state index >= 15 is 0 Å². The lowest BCUT2D eigenvalue weighted by molar-refractivity contribution is 0.118. The third-order valence-electron chi connectivity index (χ3n) is 3.67. The monoisotopic (exact) mass is 331 g/mol. The van der Waals surface area contributed by atoms with Crippen molar-refractivity contribution in [2.24, 2.45) is 0 Å². The fraction of sp³-hybridized carbons (Fsp3) is 0.250. The third kappa shape index (κ3) is 3.62. The smallest absolute Gasteiger partial charge is 0.409 e. The van der Waals surface area contributed by atoms with Gasteiger partial charge < -0.3 is 15.0 Å². The average Bonchev–Trinajstić information content (AvgIpc) is 3.06. The first-order valence-corrected chi connectivity index (χ1v) is 8.10. The lowest BCUT2D eigenvalue weighted by Crippen LogP contribution is -2.35. The molecule has 0 saturated carbocycles. The van der Waals surface area contributed by atoms with E-state index < -0.39 is 0 Å². The Labute approximate surface area is 138 Å². The van der Waals surface area contributed by atoms with E-state index in [1.165, 1.54) is 24.0 Å². The van der Waals surface area contributed by atoms with E-state index in [0.29, 0.717) is 18.8 Å². The molecule has 3 rings (SSSR count). The Bertz CT molecular complexity index is 715. The zero-order valence-corrected chi connectivity index (χ0v) is 13.5. The molecule has 6 nitrogen and oxygen atoms in total. The summed E-state index contributed by atoms with van der Waals surface area (Å²) in [5.74, 6) is 0. The molecule has 120 valence electrons. The van der Waals surface area contributed by atoms with E-state index in [-0.39, 0.29) is 12.1 Å². The summed E-state index contributed by atoms with van der Waals surface area (Å²) < 4.78 is 4.77. The number of nitrogens with one attached hydrogen (secondary N) is 2. The van der Waals surface area contributed by atoms with E-state index in [0.717, 1.165) is 17.0 Å². The summed E-state index contributed by atoms with van der Waals surface area (Å²) in [5, 5.41) is 8.27. The molecule has 1 aromatic heterocycles. The van der Waals surface area contributed by atoms with Crippen molar-refractivity contribution in [2.75, 3.05) is 24.3 Å². The number of amides is 3. The summed E-state index contributed by atoms with van der Waals surface area (Å²) in [5.41, 5.74) is 2.91. The van der Waals surface area contributed by atoms with Crippen molar-refractivity contribution in [1.29, 1.82) is 0 Å². The highest BCUT2D eigenvalue weighted by molar-refractivity contribution is 7.14. The molecule has 0 spiro atoms. The van der Waals surface area contributed by atoms with Crippen LogP contribution in [0.5, 0.6) is 0 Å². The van der Waals surface area contributed by atoms with Gasteiger partial charge in [0.1, 0.15) is 0 Å². The van der Waals surface area contributed by atoms with Gasteiger partial charge in [0.2, 0.25) is 0 Å². The number of urea groups is 1. The number of rotatable bonds is 2. The van der Waals surface area contributed by atoms with Crippen LogP contribution in [-0.2, 0) is 17.7 Å². The summed E-state index contributed by atoms with van der Waals surface area (Å²) in [6.07, 6.45) is 0.455. The molecule has 1 aromatic carbocycles. The number of benzene rings is 1. The normalized spacial score (nSPS) is 13.2. The van der Waals surface area contributed by atoms with Crippen LogP contribution in [0.25, 0.3) is 0 Å². The van der Waals surface area contributed by atoms with Gasteiger partial charge in [-0.3, -0.25) is 5.32 Å². The van der Waals surface area contributed by atoms with Crippen LogP contribution < -0.4 is 10.6 Å². The first kappa shape index (κ1) is 15.4. The van der Waals surface area contributed by atoms with Crippen LogP contribution in [0, 0.1) is 0 Å². The number of fused-ring (bicyclic) bond motifs is 1. The first-order valence-electron chi connectivity index (χ1n) is 7.22. The number of ether oxygens (including phenoxy) is 1. The zero-order chi connectivity index (χ0) is 16.2. The van der Waals surface area contributed by atoms with Gasteiger partial charge in [-0.2, -0.15) is 0 Å². The molecule has 2 N–H and O–H groups in total. The molecular formula is C16H17N3O3S. The third-order valence-corrected chi connectivity index (χ3v) is 4.45. The van der Waals surface area contributed by atoms with Crippen LogP contribution in [0.15, 0.2) is 35.7 Å². The molecule has 0 unspecified atom stereocenters. The van der Waals surface area contributed by atoms with Gasteiger partial charge in [-0.25, -0.2) is 9.59 Å². The van der Waals surface area contributed by atoms with Gasteiger partial charge in [-0.15, -0.1) is 11.3 Å². The number of hydrogen-bond acceptors (Lipinski definition) is 4. The molecule has 0 radical (unpaired) electrons. The van der Waals surface area contributed by atoms with Crippen LogP contribution in [0.2, 0.25) is 0 Å². The van der Waals surface area contributed by atoms with Gasteiger partial charge in [-0.05, 0) is 47.2 Å². The Morgan fingerprint density at radius 1 is 1.22 bits per heavy atom. The molecule has 3 amide bonds. The topological polar surface area (TPSA) is 70.7 Å². The molecule has 1 aliphatic heterocycles. The second-order valence-corrected chi connectivity index (χ2v) is 6.13. The Hall–Kier alpha value is -2.54. The molecule has 0 aliphatic carbocycles. The Morgan fingerprint density at radius 2 is 2.09 bits per heavy atom. The summed E-state index contributed by atoms with van der Waals surface area (Å²) in [6, 6.07) is 9.20. The summed E-state index contributed by atoms with van der Waals surface area (Å²) >= 11 is 1.46. The standard InChI is InChI=1S/C16H17N3O3S/c1-22-16(21)19-7-6-11-4-5-13(9-12(11)10-19)17-15(20)18-14-3-2-8-23-14/h2-5,8-9H,6-7,10H2,1H3,(H2,17,18,20). The van der Waals surface area contributed by atoms with Gasteiger partial charge in [0.25, 0.3) is 0 Å². The van der Waals surface area contributed by atoms with E-state index in [1.54, 1.807) is 4.90 Å². The minimum absolute atomic E-state index is 0.284. The highest BCUT2D eigenvalue weighted by atomic mass is 32.1. The van der Waals surface area contributed by atoms with Gasteiger partial charge in [0, 0.05) is 18.8 Å². The number of carbonyl (C=O) groups excluding carboxylic acids is 2. The number of carbonyl (C=O) groups is 2. The largest absolute Gasteiger partial charge is 0.453 e. The van der Waals surface area contributed by atoms with E-state index in [1.807, 2.05) is 35.7 Å². The Balaban J connectivity index is 1.68. The van der Waals surface area contributed by atoms with Gasteiger partial charge in [0.15, 0.2) is 0 Å². The van der Waals surface area contributed by atoms with Gasteiger partial charge >= 0.3 is 12.1 Å². The molecule has 7 heteroatoms. The summed E-state index contributed by atoms with van der Waals surface area (Å²) in [7, 11) is 1.38. The van der Waals surface area contributed by atoms with E-state index in [9.17, 15) is 9.59 Å². The average molecular weight is 331 g/mol. The molecule has 0 saturated heterocycles. The number of thiophene rings is 1. The summed E-state index contributed by atoms with van der Waals surface area (Å²) in [4.78, 5) is 25.3. The zero-order valence-electron chi connectivity index (χ0n) is 12.7. The predicted octanol–water partition coefficient (Wildman–Crippen LogP) is 3.52. The van der Waals surface area contributed by atoms with Crippen molar-refractivity contribution in [1.82, 2.24) is 4.90 Å². The second kappa shape index (κ2) is 6.70. The van der Waals surface area contributed by atoms with Crippen molar-refractivity contribution in [3.05, 3.63) is 46.8 Å². The molecule has 2 aromatic rings. The molecule has 0 fully saturated rings. The molecule has 0 bridgehead atoms. The lowest BCUT2D eigenvalue weighted by Gasteiger charge is -2.28. The maximum Gasteiger partial charge on any atom is 0.409 e. The van der Waals surface area contributed by atoms with Gasteiger partial charge in [-0.1, -0.05) is 6.07 Å². The molecule has 2 heterocycles. The van der Waals surface area contributed by atoms with Crippen molar-refractivity contribution >= 4 is 34.1 Å². The maximum absolute atomic E-state index is 12.0. The van der Waals surface area contributed by atoms with Crippen molar-refractivity contribution in [2.45, 2.75) is 13.0 Å². The SMILES string of the molecule is COC(=O)N1CCc2ccc(NC(=O)Nc3cccs3)cc2C1. The molecule has 1 aliphatic rings. The van der Waals surface area contributed by atoms with Crippen molar-refractivity contribution in [3.8, 4) is 0 Å². The van der Waals surface area contributed by atoms with Crippen molar-refractivity contribution in [3.63, 3.8) is 0 Å². The second-order valence-electron chi connectivity index (χ2n) is 5.18. The minimum Gasteiger partial charge on any atom is -0.453 e. The van der Waals surface area contributed by atoms with Gasteiger partial charge in [0.05, 0.1) is 12.1 Å². The Morgan fingerprint density at radius 3 is 2.83 bits per heavy atom. The fourth-order valence-corrected chi connectivity index (χ4v) is 3.16. The summed E-state index contributed by atoms with van der Waals surface area (Å²) in [6.45, 7) is 1.13. The quantitative estimate of drug-likeness (QED) is 0.884. The number of nitrogens with zero attached hydrogens (tertiary/aromatic N) is 1. The maximum atomic E-state index is 12.0. The highest BCUT2D eigenvalue weighted by Gasteiger charge is 2.21. The van der Waals surface area contributed by atoms with Crippen LogP contribution in [0.4, 0.5) is 20.3 Å². The fourth-order valence-electron chi connectivity index (χ4n) is 2.54. The minimum atomic E-state index is -0.329. The molecular weight excluding hydrogens is 314 g/mol. The lowest BCUT2D eigenvalue weighted by atomic mass is 9.99. The van der Waals surface area contributed by atoms with Crippen LogP contribution >= 0.6 is 11.3 Å². The van der Waals surface area contributed by atoms with E-state index in [2.05, 4.69) is 10.6 Å². The highest BCUT2D eigenvalue weighted by Crippen LogP contribution is 2.23. The first-order chi connectivity index (χ1) is 11.2. The predicted molar refractivity (Wildman–Crippen MR) is 89.9 cm³/mol. The molecule has 23 heavy (non-hydrogen) atoms. The number of methoxy groups -OCH3 is 1. The number of anilines is 2. The van der Waals surface area contributed by atoms with E-state index in [4.69, 9.17) is 4.74 Å². The van der Waals surface area contributed by atoms with Crippen LogP contribution in [0.3, 0.4) is 0 Å². The number of hydrogen-bond donors (Lipinski definition) is 2. The van der Waals surface area contributed by atoms with Crippen LogP contribution in [0.1, 0.15) is 11.1 Å². The van der Waals surface area contributed by atoms with Crippen LogP contribution in [-0.4, -0.2) is 30.7 Å². The molecule has 0 atom stereocenters. The Kier molecular flexibility index (Phi) is 4.47. The van der Waals surface area contributed by atoms with Crippen molar-refractivity contribution < 1.29 is 14.3 Å².